The van der Waals surface area contributed by atoms with E-state index in [1.54, 1.807) is 19.9 Å². The number of nitrogens with zero attached hydrogens (tertiary/aromatic N) is 3. The van der Waals surface area contributed by atoms with E-state index in [2.05, 4.69) is 25.5 Å². The molecule has 100 valence electrons. The Morgan fingerprint density at radius 3 is 2.74 bits per heavy atom. The molecule has 0 aliphatic carbocycles. The maximum absolute atomic E-state index is 12.0. The van der Waals surface area contributed by atoms with Crippen LogP contribution in [0.4, 0.5) is 11.6 Å². The average molecular weight is 262 g/mol. The van der Waals surface area contributed by atoms with Gasteiger partial charge >= 0.3 is 0 Å². The smallest absolute Gasteiger partial charge is 0.280 e. The normalized spacial score (nSPS) is 10.3. The van der Waals surface area contributed by atoms with E-state index in [4.69, 9.17) is 10.5 Å². The fraction of sp³-hybridized carbons (Fsp3) is 0.273. The zero-order valence-corrected chi connectivity index (χ0v) is 10.8. The molecule has 2 aromatic rings. The minimum atomic E-state index is -0.477. The van der Waals surface area contributed by atoms with Crippen molar-refractivity contribution in [1.82, 2.24) is 20.2 Å². The first kappa shape index (κ1) is 12.8. The number of ether oxygens (including phenoxy) is 1. The van der Waals surface area contributed by atoms with Gasteiger partial charge in [0.25, 0.3) is 5.91 Å². The van der Waals surface area contributed by atoms with Gasteiger partial charge in [-0.15, -0.1) is 0 Å². The lowest BCUT2D eigenvalue weighted by Gasteiger charge is -2.05. The third-order valence-electron chi connectivity index (χ3n) is 2.47. The van der Waals surface area contributed by atoms with Gasteiger partial charge in [0.1, 0.15) is 0 Å². The van der Waals surface area contributed by atoms with Crippen molar-refractivity contribution in [3.8, 4) is 5.88 Å². The van der Waals surface area contributed by atoms with Crippen molar-refractivity contribution in [2.24, 2.45) is 0 Å². The lowest BCUT2D eigenvalue weighted by molar-refractivity contribution is 0.102. The lowest BCUT2D eigenvalue weighted by atomic mass is 10.3. The highest BCUT2D eigenvalue weighted by atomic mass is 16.5. The SMILES string of the molecule is COc1cc(C)nc(NC(=O)c2n[nH]c(C)c2N)n1. The van der Waals surface area contributed by atoms with Gasteiger partial charge in [0.2, 0.25) is 11.8 Å². The molecule has 0 bridgehead atoms. The van der Waals surface area contributed by atoms with Gasteiger partial charge in [-0.3, -0.25) is 15.2 Å². The highest BCUT2D eigenvalue weighted by molar-refractivity contribution is 6.05. The molecule has 8 nitrogen and oxygen atoms in total. The fourth-order valence-electron chi connectivity index (χ4n) is 1.47. The van der Waals surface area contributed by atoms with E-state index in [0.29, 0.717) is 23.0 Å². The Kier molecular flexibility index (Phi) is 3.32. The molecule has 0 aliphatic heterocycles. The van der Waals surface area contributed by atoms with Crippen molar-refractivity contribution in [2.75, 3.05) is 18.2 Å². The molecule has 2 heterocycles. The number of hydrogen-bond donors (Lipinski definition) is 3. The minimum absolute atomic E-state index is 0.113. The number of nitrogens with two attached hydrogens (primary N) is 1. The first-order chi connectivity index (χ1) is 9.01. The maximum atomic E-state index is 12.0. The number of carbonyl (C=O) groups excluding carboxylic acids is 1. The molecule has 0 saturated heterocycles. The Balaban J connectivity index is 2.24. The second kappa shape index (κ2) is 4.92. The second-order valence-electron chi connectivity index (χ2n) is 3.94. The van der Waals surface area contributed by atoms with Crippen LogP contribution in [0.2, 0.25) is 0 Å². The van der Waals surface area contributed by atoms with Crippen LogP contribution in [0.15, 0.2) is 6.07 Å². The van der Waals surface area contributed by atoms with Crippen LogP contribution in [0.5, 0.6) is 5.88 Å². The monoisotopic (exact) mass is 262 g/mol. The van der Waals surface area contributed by atoms with Gasteiger partial charge in [0.15, 0.2) is 5.69 Å². The van der Waals surface area contributed by atoms with E-state index in [0.717, 1.165) is 0 Å². The van der Waals surface area contributed by atoms with E-state index < -0.39 is 5.91 Å². The Morgan fingerprint density at radius 1 is 1.42 bits per heavy atom. The van der Waals surface area contributed by atoms with Gasteiger partial charge in [-0.25, -0.2) is 4.98 Å². The summed E-state index contributed by atoms with van der Waals surface area (Å²) in [5.41, 5.74) is 7.45. The molecular formula is C11H14N6O2. The molecule has 0 spiro atoms. The summed E-state index contributed by atoms with van der Waals surface area (Å²) in [6.45, 7) is 3.50. The quantitative estimate of drug-likeness (QED) is 0.747. The Morgan fingerprint density at radius 2 is 2.16 bits per heavy atom. The number of aromatic amines is 1. The molecule has 0 aromatic carbocycles. The van der Waals surface area contributed by atoms with Gasteiger partial charge in [0, 0.05) is 11.8 Å². The van der Waals surface area contributed by atoms with Crippen LogP contribution in [0.3, 0.4) is 0 Å². The maximum Gasteiger partial charge on any atom is 0.280 e. The molecule has 0 fully saturated rings. The molecule has 2 rings (SSSR count). The number of aryl methyl sites for hydroxylation is 2. The molecule has 0 atom stereocenters. The van der Waals surface area contributed by atoms with E-state index >= 15 is 0 Å². The number of aromatic nitrogens is 4. The van der Waals surface area contributed by atoms with Gasteiger partial charge in [-0.2, -0.15) is 10.1 Å². The molecule has 2 aromatic heterocycles. The molecule has 0 saturated carbocycles. The summed E-state index contributed by atoms with van der Waals surface area (Å²) in [6, 6.07) is 1.66. The van der Waals surface area contributed by atoms with Gasteiger partial charge in [-0.1, -0.05) is 0 Å². The Hall–Kier alpha value is -2.64. The van der Waals surface area contributed by atoms with E-state index in [1.165, 1.54) is 7.11 Å². The standard InChI is InChI=1S/C11H14N6O2/c1-5-4-7(19-3)14-11(13-5)15-10(18)9-8(12)6(2)16-17-9/h4H,12H2,1-3H3,(H,16,17)(H,13,14,15,18). The third kappa shape index (κ3) is 2.62. The first-order valence-electron chi connectivity index (χ1n) is 5.52. The van der Waals surface area contributed by atoms with Gasteiger partial charge in [-0.05, 0) is 13.8 Å². The number of rotatable bonds is 3. The summed E-state index contributed by atoms with van der Waals surface area (Å²) in [7, 11) is 1.49. The molecular weight excluding hydrogens is 248 g/mol. The average Bonchev–Trinajstić information content (AvgIpc) is 2.69. The van der Waals surface area contributed by atoms with Crippen molar-refractivity contribution >= 4 is 17.5 Å². The van der Waals surface area contributed by atoms with Gasteiger partial charge < -0.3 is 10.5 Å². The first-order valence-corrected chi connectivity index (χ1v) is 5.52. The molecule has 0 unspecified atom stereocenters. The van der Waals surface area contributed by atoms with Gasteiger partial charge in [0.05, 0.1) is 18.5 Å². The van der Waals surface area contributed by atoms with Crippen molar-refractivity contribution in [3.63, 3.8) is 0 Å². The lowest BCUT2D eigenvalue weighted by Crippen LogP contribution is -2.16. The van der Waals surface area contributed by atoms with Crippen LogP contribution >= 0.6 is 0 Å². The Bertz CT molecular complexity index is 622. The van der Waals surface area contributed by atoms with Crippen LogP contribution in [-0.4, -0.2) is 33.2 Å². The summed E-state index contributed by atoms with van der Waals surface area (Å²) in [6.07, 6.45) is 0. The predicted molar refractivity (Wildman–Crippen MR) is 69.0 cm³/mol. The molecule has 1 amide bonds. The number of nitrogens with one attached hydrogen (secondary N) is 2. The molecule has 4 N–H and O–H groups in total. The van der Waals surface area contributed by atoms with E-state index in [-0.39, 0.29) is 11.6 Å². The molecule has 0 aliphatic rings. The Labute approximate surface area is 109 Å². The third-order valence-corrected chi connectivity index (χ3v) is 2.47. The highest BCUT2D eigenvalue weighted by Gasteiger charge is 2.16. The number of hydrogen-bond acceptors (Lipinski definition) is 6. The summed E-state index contributed by atoms with van der Waals surface area (Å²) in [4.78, 5) is 20.1. The minimum Gasteiger partial charge on any atom is -0.481 e. The summed E-state index contributed by atoms with van der Waals surface area (Å²) in [5.74, 6) is 0.0328. The van der Waals surface area contributed by atoms with Crippen molar-refractivity contribution in [3.05, 3.63) is 23.1 Å². The van der Waals surface area contributed by atoms with Crippen LogP contribution < -0.4 is 15.8 Å². The zero-order valence-electron chi connectivity index (χ0n) is 10.8. The van der Waals surface area contributed by atoms with Crippen LogP contribution in [0, 0.1) is 13.8 Å². The van der Waals surface area contributed by atoms with Crippen molar-refractivity contribution in [2.45, 2.75) is 13.8 Å². The predicted octanol–water partition coefficient (Wildman–Crippen LogP) is 0.660. The zero-order chi connectivity index (χ0) is 14.0. The second-order valence-corrected chi connectivity index (χ2v) is 3.94. The van der Waals surface area contributed by atoms with Crippen LogP contribution in [0.1, 0.15) is 21.9 Å². The van der Waals surface area contributed by atoms with Crippen LogP contribution in [-0.2, 0) is 0 Å². The summed E-state index contributed by atoms with van der Waals surface area (Å²) in [5, 5.41) is 8.99. The topological polar surface area (TPSA) is 119 Å². The summed E-state index contributed by atoms with van der Waals surface area (Å²) < 4.78 is 5.00. The number of amides is 1. The fourth-order valence-corrected chi connectivity index (χ4v) is 1.47. The van der Waals surface area contributed by atoms with Crippen molar-refractivity contribution in [1.29, 1.82) is 0 Å². The van der Waals surface area contributed by atoms with Crippen molar-refractivity contribution < 1.29 is 9.53 Å². The van der Waals surface area contributed by atoms with Crippen LogP contribution in [0.25, 0.3) is 0 Å². The largest absolute Gasteiger partial charge is 0.481 e. The van der Waals surface area contributed by atoms with E-state index in [9.17, 15) is 4.79 Å². The molecule has 19 heavy (non-hydrogen) atoms. The van der Waals surface area contributed by atoms with E-state index in [1.807, 2.05) is 0 Å². The summed E-state index contributed by atoms with van der Waals surface area (Å²) >= 11 is 0. The number of nitrogen functional groups attached to an aromatic ring is 1. The number of H-pyrrole nitrogens is 1. The number of carbonyl (C=O) groups is 1. The molecule has 0 radical (unpaired) electrons. The number of methoxy groups -OCH3 is 1. The number of anilines is 2. The molecule has 8 heteroatoms. The highest BCUT2D eigenvalue weighted by Crippen LogP contribution is 2.15.